The average Bonchev–Trinajstić information content (AvgIpc) is 3.23. The fraction of sp³-hybridized carbons (Fsp3) is 0.667. The molecule has 6 nitrogen and oxygen atoms in total. The van der Waals surface area contributed by atoms with Crippen LogP contribution in [0.5, 0.6) is 0 Å². The van der Waals surface area contributed by atoms with E-state index in [0.717, 1.165) is 43.4 Å². The molecule has 0 spiro atoms. The van der Waals surface area contributed by atoms with Crippen molar-refractivity contribution in [2.45, 2.75) is 44.6 Å². The van der Waals surface area contributed by atoms with Crippen LogP contribution in [0.3, 0.4) is 0 Å². The Morgan fingerprint density at radius 2 is 2.19 bits per heavy atom. The maximum atomic E-state index is 12.0. The average molecular weight is 289 g/mol. The molecular formula is C15H23N5O. The van der Waals surface area contributed by atoms with Gasteiger partial charge in [-0.25, -0.2) is 9.97 Å². The van der Waals surface area contributed by atoms with E-state index >= 15 is 0 Å². The number of aromatic nitrogens is 2. The topological polar surface area (TPSA) is 70.2 Å². The molecule has 1 amide bonds. The molecule has 1 aromatic heterocycles. The largest absolute Gasteiger partial charge is 0.370 e. The highest BCUT2D eigenvalue weighted by Gasteiger charge is 2.33. The normalized spacial score (nSPS) is 21.4. The third-order valence-corrected chi connectivity index (χ3v) is 4.13. The standard InChI is InChI=1S/C15H23N5O/c1-3-17-12-9-13(19-14(18-12)10-6-7-10)20-8-4-5-11(20)15(21)16-2/h9-11H,3-8H2,1-2H3,(H,16,21)(H,17,18,19). The summed E-state index contributed by atoms with van der Waals surface area (Å²) in [6.45, 7) is 3.77. The molecule has 1 aromatic rings. The summed E-state index contributed by atoms with van der Waals surface area (Å²) in [6, 6.07) is 1.86. The lowest BCUT2D eigenvalue weighted by Gasteiger charge is -2.25. The van der Waals surface area contributed by atoms with E-state index in [1.54, 1.807) is 7.05 Å². The van der Waals surface area contributed by atoms with Gasteiger partial charge in [-0.1, -0.05) is 0 Å². The highest BCUT2D eigenvalue weighted by atomic mass is 16.2. The summed E-state index contributed by atoms with van der Waals surface area (Å²) < 4.78 is 0. The number of amides is 1. The van der Waals surface area contributed by atoms with Crippen LogP contribution in [0.15, 0.2) is 6.07 Å². The first-order valence-electron chi connectivity index (χ1n) is 7.84. The van der Waals surface area contributed by atoms with Crippen LogP contribution in [0, 0.1) is 0 Å². The molecule has 21 heavy (non-hydrogen) atoms. The second-order valence-corrected chi connectivity index (χ2v) is 5.74. The highest BCUT2D eigenvalue weighted by molar-refractivity contribution is 5.85. The minimum Gasteiger partial charge on any atom is -0.370 e. The first-order chi connectivity index (χ1) is 10.2. The molecule has 1 saturated heterocycles. The molecule has 1 atom stereocenters. The van der Waals surface area contributed by atoms with Gasteiger partial charge in [0.2, 0.25) is 5.91 Å². The van der Waals surface area contributed by atoms with Crippen LogP contribution in [0.4, 0.5) is 11.6 Å². The number of likely N-dealkylation sites (N-methyl/N-ethyl adjacent to an activating group) is 1. The minimum absolute atomic E-state index is 0.0732. The molecule has 2 heterocycles. The van der Waals surface area contributed by atoms with Gasteiger partial charge in [0, 0.05) is 32.1 Å². The summed E-state index contributed by atoms with van der Waals surface area (Å²) in [5.74, 6) is 3.25. The zero-order valence-corrected chi connectivity index (χ0v) is 12.7. The molecule has 1 aliphatic heterocycles. The first kappa shape index (κ1) is 14.1. The Kier molecular flexibility index (Phi) is 3.94. The Morgan fingerprint density at radius 1 is 1.38 bits per heavy atom. The van der Waals surface area contributed by atoms with Crippen molar-refractivity contribution in [3.63, 3.8) is 0 Å². The Bertz CT molecular complexity index is 529. The van der Waals surface area contributed by atoms with Crippen LogP contribution >= 0.6 is 0 Å². The predicted octanol–water partition coefficient (Wildman–Crippen LogP) is 1.50. The third kappa shape index (κ3) is 2.94. The summed E-state index contributed by atoms with van der Waals surface area (Å²) in [5, 5.41) is 6.03. The molecule has 2 fully saturated rings. The lowest BCUT2D eigenvalue weighted by atomic mass is 10.2. The summed E-state index contributed by atoms with van der Waals surface area (Å²) >= 11 is 0. The molecule has 3 rings (SSSR count). The van der Waals surface area contributed by atoms with Crippen molar-refractivity contribution < 1.29 is 4.79 Å². The molecule has 114 valence electrons. The van der Waals surface area contributed by atoms with Gasteiger partial charge in [-0.15, -0.1) is 0 Å². The van der Waals surface area contributed by atoms with Crippen molar-refractivity contribution in [2.75, 3.05) is 30.4 Å². The lowest BCUT2D eigenvalue weighted by molar-refractivity contribution is -0.121. The summed E-state index contributed by atoms with van der Waals surface area (Å²) in [4.78, 5) is 23.5. The number of nitrogens with one attached hydrogen (secondary N) is 2. The van der Waals surface area contributed by atoms with E-state index in [4.69, 9.17) is 4.98 Å². The third-order valence-electron chi connectivity index (χ3n) is 4.13. The molecule has 6 heteroatoms. The second-order valence-electron chi connectivity index (χ2n) is 5.74. The Balaban J connectivity index is 1.90. The fourth-order valence-corrected chi connectivity index (χ4v) is 2.88. The zero-order chi connectivity index (χ0) is 14.8. The van der Waals surface area contributed by atoms with Gasteiger partial charge in [0.25, 0.3) is 0 Å². The zero-order valence-electron chi connectivity index (χ0n) is 12.7. The van der Waals surface area contributed by atoms with Crippen molar-refractivity contribution in [1.29, 1.82) is 0 Å². The van der Waals surface area contributed by atoms with Crippen LogP contribution in [-0.4, -0.2) is 42.1 Å². The van der Waals surface area contributed by atoms with E-state index in [9.17, 15) is 4.79 Å². The van der Waals surface area contributed by atoms with E-state index in [2.05, 4.69) is 27.4 Å². The molecule has 0 aromatic carbocycles. The Hall–Kier alpha value is -1.85. The minimum atomic E-state index is -0.105. The van der Waals surface area contributed by atoms with Gasteiger partial charge in [-0.05, 0) is 32.6 Å². The maximum absolute atomic E-state index is 12.0. The monoisotopic (exact) mass is 289 g/mol. The van der Waals surface area contributed by atoms with Gasteiger partial charge in [0.1, 0.15) is 23.5 Å². The van der Waals surface area contributed by atoms with Crippen LogP contribution in [-0.2, 0) is 4.79 Å². The van der Waals surface area contributed by atoms with E-state index in [0.29, 0.717) is 5.92 Å². The fourth-order valence-electron chi connectivity index (χ4n) is 2.88. The van der Waals surface area contributed by atoms with Crippen molar-refractivity contribution in [2.24, 2.45) is 0 Å². The van der Waals surface area contributed by atoms with E-state index in [1.807, 2.05) is 6.07 Å². The molecule has 0 bridgehead atoms. The van der Waals surface area contributed by atoms with Gasteiger partial charge < -0.3 is 15.5 Å². The lowest BCUT2D eigenvalue weighted by Crippen LogP contribution is -2.42. The summed E-state index contributed by atoms with van der Waals surface area (Å²) in [7, 11) is 1.69. The number of carbonyl (C=O) groups is 1. The maximum Gasteiger partial charge on any atom is 0.242 e. The van der Waals surface area contributed by atoms with Gasteiger partial charge in [-0.3, -0.25) is 4.79 Å². The smallest absolute Gasteiger partial charge is 0.242 e. The van der Waals surface area contributed by atoms with Crippen molar-refractivity contribution in [3.8, 4) is 0 Å². The quantitative estimate of drug-likeness (QED) is 0.859. The van der Waals surface area contributed by atoms with Crippen LogP contribution < -0.4 is 15.5 Å². The molecule has 1 unspecified atom stereocenters. The number of nitrogens with zero attached hydrogens (tertiary/aromatic N) is 3. The molecule has 0 radical (unpaired) electrons. The molecule has 2 N–H and O–H groups in total. The van der Waals surface area contributed by atoms with E-state index in [1.165, 1.54) is 12.8 Å². The number of rotatable bonds is 5. The molecule has 2 aliphatic rings. The number of carbonyl (C=O) groups excluding carboxylic acids is 1. The summed E-state index contributed by atoms with van der Waals surface area (Å²) in [6.07, 6.45) is 4.26. The van der Waals surface area contributed by atoms with Gasteiger partial charge in [0.15, 0.2) is 0 Å². The number of hydrogen-bond acceptors (Lipinski definition) is 5. The van der Waals surface area contributed by atoms with Crippen LogP contribution in [0.25, 0.3) is 0 Å². The highest BCUT2D eigenvalue weighted by Crippen LogP contribution is 2.39. The molecular weight excluding hydrogens is 266 g/mol. The van der Waals surface area contributed by atoms with Gasteiger partial charge in [-0.2, -0.15) is 0 Å². The Morgan fingerprint density at radius 3 is 2.86 bits per heavy atom. The van der Waals surface area contributed by atoms with Crippen molar-refractivity contribution >= 4 is 17.5 Å². The molecule has 1 saturated carbocycles. The Labute approximate surface area is 125 Å². The van der Waals surface area contributed by atoms with Gasteiger partial charge >= 0.3 is 0 Å². The first-order valence-corrected chi connectivity index (χ1v) is 7.84. The van der Waals surface area contributed by atoms with Gasteiger partial charge in [0.05, 0.1) is 0 Å². The van der Waals surface area contributed by atoms with Crippen molar-refractivity contribution in [3.05, 3.63) is 11.9 Å². The van der Waals surface area contributed by atoms with Crippen LogP contribution in [0.1, 0.15) is 44.3 Å². The van der Waals surface area contributed by atoms with E-state index < -0.39 is 0 Å². The van der Waals surface area contributed by atoms with E-state index in [-0.39, 0.29) is 11.9 Å². The SMILES string of the molecule is CCNc1cc(N2CCCC2C(=O)NC)nc(C2CC2)n1. The number of anilines is 2. The second kappa shape index (κ2) is 5.87. The van der Waals surface area contributed by atoms with Crippen molar-refractivity contribution in [1.82, 2.24) is 15.3 Å². The predicted molar refractivity (Wildman–Crippen MR) is 82.6 cm³/mol. The number of hydrogen-bond donors (Lipinski definition) is 2. The van der Waals surface area contributed by atoms with Crippen LogP contribution in [0.2, 0.25) is 0 Å². The molecule has 1 aliphatic carbocycles. The summed E-state index contributed by atoms with van der Waals surface area (Å²) in [5.41, 5.74) is 0.